The van der Waals surface area contributed by atoms with Crippen LogP contribution in [0.15, 0.2) is 49.3 Å². The van der Waals surface area contributed by atoms with Crippen molar-refractivity contribution in [2.75, 3.05) is 29.9 Å². The molecule has 2 aliphatic rings. The topological polar surface area (TPSA) is 74.2 Å². The third kappa shape index (κ3) is 2.95. The maximum absolute atomic E-state index is 13.4. The summed E-state index contributed by atoms with van der Waals surface area (Å²) in [7, 11) is 0. The van der Waals surface area contributed by atoms with Crippen LogP contribution >= 0.6 is 11.6 Å². The zero-order chi connectivity index (χ0) is 20.9. The lowest BCUT2D eigenvalue weighted by atomic mass is 9.77. The van der Waals surface area contributed by atoms with Crippen LogP contribution in [0.5, 0.6) is 0 Å². The van der Waals surface area contributed by atoms with E-state index in [-0.39, 0.29) is 16.5 Å². The van der Waals surface area contributed by atoms with E-state index in [1.54, 1.807) is 6.07 Å². The number of benzene rings is 1. The third-order valence-electron chi connectivity index (χ3n) is 5.76. The standard InChI is InChI=1S/C21H18ClFN6O/c1-2-18(30)29-8-7-21(29)10-28(11-21)17-6-5-16-19(27-17)20(25-12-24-16)26-13-3-4-15(23)14(22)9-13/h2-6,9,12H,1,7-8,10-11H2,(H,24,25,26). The number of nitrogens with zero attached hydrogens (tertiary/aromatic N) is 5. The Labute approximate surface area is 177 Å². The fourth-order valence-corrected chi connectivity index (χ4v) is 4.24. The fraction of sp³-hybridized carbons (Fsp3) is 0.238. The molecular formula is C21H18ClFN6O. The molecule has 1 N–H and O–H groups in total. The molecule has 2 aliphatic heterocycles. The molecule has 2 aromatic heterocycles. The molecule has 2 saturated heterocycles. The number of likely N-dealkylation sites (tertiary alicyclic amines) is 1. The minimum atomic E-state index is -0.484. The highest BCUT2D eigenvalue weighted by Gasteiger charge is 2.55. The first-order valence-corrected chi connectivity index (χ1v) is 9.90. The number of carbonyl (C=O) groups is 1. The average Bonchev–Trinajstić information content (AvgIpc) is 2.69. The molecule has 3 aromatic rings. The Morgan fingerprint density at radius 2 is 2.10 bits per heavy atom. The number of rotatable bonds is 4. The highest BCUT2D eigenvalue weighted by Crippen LogP contribution is 2.41. The predicted octanol–water partition coefficient (Wildman–Crippen LogP) is 3.54. The molecule has 4 heterocycles. The van der Waals surface area contributed by atoms with E-state index in [0.717, 1.165) is 31.9 Å². The maximum Gasteiger partial charge on any atom is 0.246 e. The summed E-state index contributed by atoms with van der Waals surface area (Å²) >= 11 is 5.88. The van der Waals surface area contributed by atoms with E-state index < -0.39 is 5.82 Å². The number of anilines is 3. The minimum absolute atomic E-state index is 0.0229. The number of amides is 1. The number of halogens is 2. The molecule has 1 aromatic carbocycles. The van der Waals surface area contributed by atoms with Gasteiger partial charge in [0, 0.05) is 25.3 Å². The van der Waals surface area contributed by atoms with E-state index in [1.807, 2.05) is 17.0 Å². The molecule has 0 bridgehead atoms. The maximum atomic E-state index is 13.4. The lowest BCUT2D eigenvalue weighted by Gasteiger charge is -2.62. The molecule has 2 fully saturated rings. The van der Waals surface area contributed by atoms with Gasteiger partial charge in [-0.05, 0) is 42.8 Å². The second-order valence-electron chi connectivity index (χ2n) is 7.54. The molecule has 0 radical (unpaired) electrons. The Kier molecular flexibility index (Phi) is 4.32. The first-order valence-electron chi connectivity index (χ1n) is 9.52. The zero-order valence-corrected chi connectivity index (χ0v) is 16.7. The normalized spacial score (nSPS) is 16.9. The second-order valence-corrected chi connectivity index (χ2v) is 7.94. The first kappa shape index (κ1) is 18.7. The molecule has 0 saturated carbocycles. The molecule has 1 amide bonds. The van der Waals surface area contributed by atoms with Gasteiger partial charge in [-0.3, -0.25) is 4.79 Å². The van der Waals surface area contributed by atoms with Crippen LogP contribution < -0.4 is 10.2 Å². The van der Waals surface area contributed by atoms with Crippen molar-refractivity contribution in [3.05, 3.63) is 60.2 Å². The van der Waals surface area contributed by atoms with Crippen molar-refractivity contribution in [3.63, 3.8) is 0 Å². The van der Waals surface area contributed by atoms with Gasteiger partial charge in [-0.1, -0.05) is 18.2 Å². The van der Waals surface area contributed by atoms with Crippen LogP contribution in [-0.4, -0.2) is 50.9 Å². The Balaban J connectivity index is 1.41. The number of aromatic nitrogens is 3. The van der Waals surface area contributed by atoms with E-state index in [1.165, 1.54) is 24.5 Å². The Hall–Kier alpha value is -3.26. The van der Waals surface area contributed by atoms with Crippen LogP contribution in [0.4, 0.5) is 21.7 Å². The largest absolute Gasteiger partial charge is 0.352 e. The average molecular weight is 425 g/mol. The van der Waals surface area contributed by atoms with Gasteiger partial charge in [-0.25, -0.2) is 19.3 Å². The third-order valence-corrected chi connectivity index (χ3v) is 6.05. The summed E-state index contributed by atoms with van der Waals surface area (Å²) in [4.78, 5) is 29.3. The van der Waals surface area contributed by atoms with Crippen molar-refractivity contribution in [3.8, 4) is 0 Å². The molecule has 152 valence electrons. The van der Waals surface area contributed by atoms with Crippen LogP contribution in [0.1, 0.15) is 6.42 Å². The fourth-order valence-electron chi connectivity index (χ4n) is 4.06. The van der Waals surface area contributed by atoms with Gasteiger partial charge < -0.3 is 15.1 Å². The van der Waals surface area contributed by atoms with Crippen LogP contribution in [0.2, 0.25) is 5.02 Å². The Bertz CT molecular complexity index is 1180. The number of hydrogen-bond acceptors (Lipinski definition) is 6. The lowest BCUT2D eigenvalue weighted by molar-refractivity contribution is -0.144. The highest BCUT2D eigenvalue weighted by atomic mass is 35.5. The van der Waals surface area contributed by atoms with Gasteiger partial charge in [-0.15, -0.1) is 0 Å². The molecule has 5 rings (SSSR count). The van der Waals surface area contributed by atoms with E-state index in [0.29, 0.717) is 22.5 Å². The van der Waals surface area contributed by atoms with Gasteiger partial charge >= 0.3 is 0 Å². The molecule has 0 aliphatic carbocycles. The molecule has 1 spiro atoms. The molecule has 9 heteroatoms. The van der Waals surface area contributed by atoms with Gasteiger partial charge in [0.2, 0.25) is 5.91 Å². The number of nitrogens with one attached hydrogen (secondary N) is 1. The van der Waals surface area contributed by atoms with E-state index >= 15 is 0 Å². The van der Waals surface area contributed by atoms with Crippen LogP contribution in [0.3, 0.4) is 0 Å². The number of pyridine rings is 1. The molecule has 0 unspecified atom stereocenters. The lowest BCUT2D eigenvalue weighted by Crippen LogP contribution is -2.78. The summed E-state index contributed by atoms with van der Waals surface area (Å²) in [6.45, 7) is 5.82. The van der Waals surface area contributed by atoms with E-state index in [9.17, 15) is 9.18 Å². The Morgan fingerprint density at radius 1 is 1.27 bits per heavy atom. The predicted molar refractivity (Wildman–Crippen MR) is 113 cm³/mol. The van der Waals surface area contributed by atoms with Crippen molar-refractivity contribution >= 4 is 45.9 Å². The van der Waals surface area contributed by atoms with Crippen molar-refractivity contribution in [1.29, 1.82) is 0 Å². The SMILES string of the molecule is C=CC(=O)N1CCC12CN(c1ccc3ncnc(Nc4ccc(F)c(Cl)c4)c3n1)C2. The summed E-state index contributed by atoms with van der Waals surface area (Å²) in [5.74, 6) is 0.792. The summed E-state index contributed by atoms with van der Waals surface area (Å²) < 4.78 is 13.4. The summed E-state index contributed by atoms with van der Waals surface area (Å²) in [6, 6.07) is 8.18. The quantitative estimate of drug-likeness (QED) is 0.646. The second kappa shape index (κ2) is 6.91. The van der Waals surface area contributed by atoms with Gasteiger partial charge in [-0.2, -0.15) is 0 Å². The minimum Gasteiger partial charge on any atom is -0.352 e. The molecule has 7 nitrogen and oxygen atoms in total. The van der Waals surface area contributed by atoms with Gasteiger partial charge in [0.15, 0.2) is 5.82 Å². The summed E-state index contributed by atoms with van der Waals surface area (Å²) in [5.41, 5.74) is 1.78. The van der Waals surface area contributed by atoms with Crippen LogP contribution in [0, 0.1) is 5.82 Å². The van der Waals surface area contributed by atoms with Crippen molar-refractivity contribution in [1.82, 2.24) is 19.9 Å². The highest BCUT2D eigenvalue weighted by molar-refractivity contribution is 6.31. The molecule has 0 atom stereocenters. The Morgan fingerprint density at radius 3 is 2.80 bits per heavy atom. The molecular weight excluding hydrogens is 407 g/mol. The van der Waals surface area contributed by atoms with Crippen LogP contribution in [-0.2, 0) is 4.79 Å². The monoisotopic (exact) mass is 424 g/mol. The van der Waals surface area contributed by atoms with Gasteiger partial charge in [0.25, 0.3) is 0 Å². The summed E-state index contributed by atoms with van der Waals surface area (Å²) in [6.07, 6.45) is 3.80. The van der Waals surface area contributed by atoms with Crippen molar-refractivity contribution in [2.24, 2.45) is 0 Å². The number of fused-ring (bicyclic) bond motifs is 1. The van der Waals surface area contributed by atoms with Gasteiger partial charge in [0.05, 0.1) is 16.1 Å². The van der Waals surface area contributed by atoms with Crippen LogP contribution in [0.25, 0.3) is 11.0 Å². The summed E-state index contributed by atoms with van der Waals surface area (Å²) in [5, 5.41) is 3.16. The first-order chi connectivity index (χ1) is 14.5. The van der Waals surface area contributed by atoms with Gasteiger partial charge in [0.1, 0.15) is 23.5 Å². The van der Waals surface area contributed by atoms with E-state index in [2.05, 4.69) is 26.8 Å². The number of hydrogen-bond donors (Lipinski definition) is 1. The smallest absolute Gasteiger partial charge is 0.246 e. The van der Waals surface area contributed by atoms with Crippen molar-refractivity contribution in [2.45, 2.75) is 12.0 Å². The van der Waals surface area contributed by atoms with E-state index in [4.69, 9.17) is 16.6 Å². The van der Waals surface area contributed by atoms with Crippen molar-refractivity contribution < 1.29 is 9.18 Å². The number of carbonyl (C=O) groups excluding carboxylic acids is 1. The zero-order valence-electron chi connectivity index (χ0n) is 16.0. The molecule has 30 heavy (non-hydrogen) atoms.